The van der Waals surface area contributed by atoms with Crippen molar-refractivity contribution in [3.8, 4) is 0 Å². The van der Waals surface area contributed by atoms with Crippen molar-refractivity contribution in [2.24, 2.45) is 5.73 Å². The summed E-state index contributed by atoms with van der Waals surface area (Å²) in [6.07, 6.45) is -0.426. The zero-order valence-electron chi connectivity index (χ0n) is 10.9. The lowest BCUT2D eigenvalue weighted by molar-refractivity contribution is -0.0220. The molecule has 1 aromatic carbocycles. The number of sulfonamides is 1. The molecule has 0 amide bonds. The van der Waals surface area contributed by atoms with Gasteiger partial charge < -0.3 is 10.5 Å². The predicted octanol–water partition coefficient (Wildman–Crippen LogP) is 0.701. The Morgan fingerprint density at radius 1 is 1.45 bits per heavy atom. The molecule has 0 saturated carbocycles. The molecule has 1 aliphatic heterocycles. The van der Waals surface area contributed by atoms with Gasteiger partial charge in [0.25, 0.3) is 0 Å². The van der Waals surface area contributed by atoms with Crippen LogP contribution in [0.25, 0.3) is 0 Å². The van der Waals surface area contributed by atoms with Crippen molar-refractivity contribution in [1.82, 2.24) is 4.31 Å². The summed E-state index contributed by atoms with van der Waals surface area (Å²) in [6, 6.07) is 1.96. The van der Waals surface area contributed by atoms with Crippen LogP contribution in [0.2, 0.25) is 0 Å². The molecule has 0 aliphatic carbocycles. The number of ether oxygens (including phenoxy) is 1. The lowest BCUT2D eigenvalue weighted by Gasteiger charge is -2.36. The molecule has 112 valence electrons. The lowest BCUT2D eigenvalue weighted by atomic mass is 10.2. The van der Waals surface area contributed by atoms with Crippen molar-refractivity contribution in [2.75, 3.05) is 19.7 Å². The molecule has 0 bridgehead atoms. The van der Waals surface area contributed by atoms with E-state index in [1.807, 2.05) is 0 Å². The molecule has 1 aromatic rings. The van der Waals surface area contributed by atoms with Gasteiger partial charge in [0, 0.05) is 25.2 Å². The first kappa shape index (κ1) is 15.3. The maximum atomic E-state index is 13.7. The van der Waals surface area contributed by atoms with Gasteiger partial charge in [-0.2, -0.15) is 4.31 Å². The molecule has 1 heterocycles. The molecule has 0 aromatic heterocycles. The molecule has 2 unspecified atom stereocenters. The fraction of sp³-hybridized carbons (Fsp3) is 0.500. The number of hydrogen-bond acceptors (Lipinski definition) is 4. The zero-order valence-corrected chi connectivity index (χ0v) is 11.7. The van der Waals surface area contributed by atoms with E-state index in [9.17, 15) is 17.2 Å². The number of nitrogens with two attached hydrogens (primary N) is 1. The quantitative estimate of drug-likeness (QED) is 0.892. The molecule has 1 aliphatic rings. The third kappa shape index (κ3) is 2.83. The topological polar surface area (TPSA) is 72.6 Å². The molecular weight excluding hydrogens is 290 g/mol. The first-order chi connectivity index (χ1) is 9.36. The number of hydrogen-bond donors (Lipinski definition) is 1. The van der Waals surface area contributed by atoms with Crippen LogP contribution in [0.15, 0.2) is 23.1 Å². The fourth-order valence-corrected chi connectivity index (χ4v) is 3.78. The average molecular weight is 306 g/mol. The molecular formula is C12H16F2N2O3S. The Bertz CT molecular complexity index is 594. The van der Waals surface area contributed by atoms with Gasteiger partial charge in [-0.1, -0.05) is 0 Å². The number of benzene rings is 1. The summed E-state index contributed by atoms with van der Waals surface area (Å²) >= 11 is 0. The summed E-state index contributed by atoms with van der Waals surface area (Å²) in [5.41, 5.74) is 5.47. The molecule has 20 heavy (non-hydrogen) atoms. The number of nitrogens with zero attached hydrogens (tertiary/aromatic N) is 1. The van der Waals surface area contributed by atoms with E-state index in [-0.39, 0.29) is 19.7 Å². The van der Waals surface area contributed by atoms with E-state index in [2.05, 4.69) is 0 Å². The third-order valence-corrected chi connectivity index (χ3v) is 5.21. The minimum atomic E-state index is -4.05. The van der Waals surface area contributed by atoms with Crippen LogP contribution in [0.3, 0.4) is 0 Å². The summed E-state index contributed by atoms with van der Waals surface area (Å²) in [4.78, 5) is -0.538. The summed E-state index contributed by atoms with van der Waals surface area (Å²) in [5, 5.41) is 0. The maximum Gasteiger partial charge on any atom is 0.246 e. The summed E-state index contributed by atoms with van der Waals surface area (Å²) in [7, 11) is -4.05. The van der Waals surface area contributed by atoms with E-state index in [4.69, 9.17) is 10.5 Å². The first-order valence-corrected chi connectivity index (χ1v) is 7.59. The number of halogens is 2. The van der Waals surface area contributed by atoms with Gasteiger partial charge in [0.1, 0.15) is 16.5 Å². The van der Waals surface area contributed by atoms with Gasteiger partial charge in [0.15, 0.2) is 0 Å². The van der Waals surface area contributed by atoms with E-state index in [0.717, 1.165) is 16.4 Å². The Hall–Kier alpha value is -1.09. The molecule has 2 rings (SSSR count). The van der Waals surface area contributed by atoms with Crippen LogP contribution in [0, 0.1) is 11.6 Å². The highest BCUT2D eigenvalue weighted by atomic mass is 32.2. The zero-order chi connectivity index (χ0) is 14.9. The third-order valence-electron chi connectivity index (χ3n) is 3.19. The summed E-state index contributed by atoms with van der Waals surface area (Å²) < 4.78 is 58.0. The van der Waals surface area contributed by atoms with Crippen LogP contribution in [0.1, 0.15) is 6.92 Å². The van der Waals surface area contributed by atoms with Gasteiger partial charge in [-0.05, 0) is 19.1 Å². The number of morpholine rings is 1. The van der Waals surface area contributed by atoms with Crippen LogP contribution in [-0.2, 0) is 14.8 Å². The van der Waals surface area contributed by atoms with Crippen molar-refractivity contribution in [2.45, 2.75) is 24.0 Å². The maximum absolute atomic E-state index is 13.7. The van der Waals surface area contributed by atoms with Gasteiger partial charge in [0.2, 0.25) is 10.0 Å². The minimum absolute atomic E-state index is 0.0524. The highest BCUT2D eigenvalue weighted by molar-refractivity contribution is 7.89. The predicted molar refractivity (Wildman–Crippen MR) is 68.5 cm³/mol. The van der Waals surface area contributed by atoms with Gasteiger partial charge in [0.05, 0.1) is 12.7 Å². The van der Waals surface area contributed by atoms with Crippen molar-refractivity contribution in [1.29, 1.82) is 0 Å². The van der Waals surface area contributed by atoms with Crippen LogP contribution < -0.4 is 5.73 Å². The molecule has 0 radical (unpaired) electrons. The second kappa shape index (κ2) is 5.72. The SMILES string of the molecule is CC1COC(CN)CN1S(=O)(=O)c1ccc(F)cc1F. The van der Waals surface area contributed by atoms with E-state index in [1.54, 1.807) is 6.92 Å². The normalized spacial score (nSPS) is 24.8. The largest absolute Gasteiger partial charge is 0.374 e. The number of rotatable bonds is 3. The molecule has 5 nitrogen and oxygen atoms in total. The molecule has 0 spiro atoms. The first-order valence-electron chi connectivity index (χ1n) is 6.15. The Morgan fingerprint density at radius 2 is 2.15 bits per heavy atom. The molecule has 8 heteroatoms. The van der Waals surface area contributed by atoms with Gasteiger partial charge in [-0.15, -0.1) is 0 Å². The van der Waals surface area contributed by atoms with Crippen molar-refractivity contribution in [3.05, 3.63) is 29.8 Å². The van der Waals surface area contributed by atoms with Gasteiger partial charge in [-0.25, -0.2) is 17.2 Å². The van der Waals surface area contributed by atoms with Gasteiger partial charge >= 0.3 is 0 Å². The summed E-state index contributed by atoms with van der Waals surface area (Å²) in [6.45, 7) is 2.07. The standard InChI is InChI=1S/C12H16F2N2O3S/c1-8-7-19-10(5-15)6-16(8)20(17,18)12-3-2-9(13)4-11(12)14/h2-4,8,10H,5-7,15H2,1H3. The second-order valence-electron chi connectivity index (χ2n) is 4.69. The Balaban J connectivity index is 2.38. The van der Waals surface area contributed by atoms with Gasteiger partial charge in [-0.3, -0.25) is 0 Å². The molecule has 2 atom stereocenters. The van der Waals surface area contributed by atoms with E-state index >= 15 is 0 Å². The van der Waals surface area contributed by atoms with Crippen LogP contribution in [0.4, 0.5) is 8.78 Å². The lowest BCUT2D eigenvalue weighted by Crippen LogP contribution is -2.52. The van der Waals surface area contributed by atoms with Crippen molar-refractivity contribution in [3.63, 3.8) is 0 Å². The molecule has 1 fully saturated rings. The van der Waals surface area contributed by atoms with Crippen LogP contribution in [-0.4, -0.2) is 44.6 Å². The van der Waals surface area contributed by atoms with E-state index in [1.165, 1.54) is 0 Å². The van der Waals surface area contributed by atoms with Crippen LogP contribution >= 0.6 is 0 Å². The Kier molecular flexibility index (Phi) is 4.38. The average Bonchev–Trinajstić information content (AvgIpc) is 2.38. The van der Waals surface area contributed by atoms with Crippen molar-refractivity contribution < 1.29 is 21.9 Å². The Labute approximate surface area is 116 Å². The fourth-order valence-electron chi connectivity index (χ4n) is 2.08. The second-order valence-corrected chi connectivity index (χ2v) is 6.55. The van der Waals surface area contributed by atoms with Crippen molar-refractivity contribution >= 4 is 10.0 Å². The monoisotopic (exact) mass is 306 g/mol. The molecule has 2 N–H and O–H groups in total. The van der Waals surface area contributed by atoms with Crippen LogP contribution in [0.5, 0.6) is 0 Å². The smallest absolute Gasteiger partial charge is 0.246 e. The highest BCUT2D eigenvalue weighted by Crippen LogP contribution is 2.24. The Morgan fingerprint density at radius 3 is 2.75 bits per heavy atom. The minimum Gasteiger partial charge on any atom is -0.374 e. The summed E-state index contributed by atoms with van der Waals surface area (Å²) in [5.74, 6) is -1.93. The van der Waals surface area contributed by atoms with E-state index < -0.39 is 38.7 Å². The molecule has 1 saturated heterocycles. The highest BCUT2D eigenvalue weighted by Gasteiger charge is 2.36. The van der Waals surface area contributed by atoms with E-state index in [0.29, 0.717) is 6.07 Å².